The van der Waals surface area contributed by atoms with Gasteiger partial charge in [0.25, 0.3) is 5.91 Å². The van der Waals surface area contributed by atoms with E-state index in [4.69, 9.17) is 4.74 Å². The summed E-state index contributed by atoms with van der Waals surface area (Å²) in [5.41, 5.74) is 4.48. The lowest BCUT2D eigenvalue weighted by atomic mass is 10.1. The van der Waals surface area contributed by atoms with Crippen molar-refractivity contribution in [1.82, 2.24) is 5.32 Å². The van der Waals surface area contributed by atoms with Crippen molar-refractivity contribution < 1.29 is 14.3 Å². The molecular weight excluding hydrogens is 400 g/mol. The highest BCUT2D eigenvalue weighted by atomic mass is 16.5. The largest absolute Gasteiger partial charge is 0.372 e. The Morgan fingerprint density at radius 2 is 1.53 bits per heavy atom. The number of benzene rings is 3. The Morgan fingerprint density at radius 3 is 2.22 bits per heavy atom. The third kappa shape index (κ3) is 5.83. The van der Waals surface area contributed by atoms with E-state index in [-0.39, 0.29) is 17.7 Å². The van der Waals surface area contributed by atoms with Crippen LogP contribution in [0.1, 0.15) is 40.4 Å². The maximum absolute atomic E-state index is 12.6. The topological polar surface area (TPSA) is 67.4 Å². The molecule has 2 atom stereocenters. The van der Waals surface area contributed by atoms with Gasteiger partial charge in [0.2, 0.25) is 5.91 Å². The smallest absolute Gasteiger partial charge is 0.251 e. The predicted molar refractivity (Wildman–Crippen MR) is 125 cm³/mol. The Kier molecular flexibility index (Phi) is 6.97. The van der Waals surface area contributed by atoms with Crippen molar-refractivity contribution in [2.75, 3.05) is 5.32 Å². The van der Waals surface area contributed by atoms with Crippen LogP contribution in [-0.4, -0.2) is 11.8 Å². The Hall–Kier alpha value is -3.44. The quantitative estimate of drug-likeness (QED) is 0.508. The van der Waals surface area contributed by atoms with E-state index < -0.39 is 0 Å². The third-order valence-electron chi connectivity index (χ3n) is 5.79. The lowest BCUT2D eigenvalue weighted by Gasteiger charge is -2.12. The normalized spacial score (nSPS) is 16.9. The molecule has 5 nitrogen and oxygen atoms in total. The molecule has 5 heteroatoms. The monoisotopic (exact) mass is 428 g/mol. The van der Waals surface area contributed by atoms with Crippen LogP contribution >= 0.6 is 0 Å². The fourth-order valence-electron chi connectivity index (χ4n) is 3.63. The van der Waals surface area contributed by atoms with Crippen LogP contribution in [0, 0.1) is 11.8 Å². The molecule has 3 aromatic rings. The van der Waals surface area contributed by atoms with Crippen LogP contribution in [0.5, 0.6) is 0 Å². The lowest BCUT2D eigenvalue weighted by Crippen LogP contribution is -2.23. The second-order valence-corrected chi connectivity index (χ2v) is 8.32. The summed E-state index contributed by atoms with van der Waals surface area (Å²) >= 11 is 0. The van der Waals surface area contributed by atoms with Crippen LogP contribution in [-0.2, 0) is 29.3 Å². The summed E-state index contributed by atoms with van der Waals surface area (Å²) in [4.78, 5) is 24.6. The van der Waals surface area contributed by atoms with E-state index >= 15 is 0 Å². The van der Waals surface area contributed by atoms with Gasteiger partial charge in [-0.2, -0.15) is 0 Å². The fourth-order valence-corrected chi connectivity index (χ4v) is 3.63. The van der Waals surface area contributed by atoms with Crippen molar-refractivity contribution in [2.24, 2.45) is 11.8 Å². The minimum Gasteiger partial charge on any atom is -0.372 e. The number of rotatable bonds is 9. The zero-order chi connectivity index (χ0) is 22.3. The first-order chi connectivity index (χ1) is 15.6. The predicted octanol–water partition coefficient (Wildman–Crippen LogP) is 4.93. The first-order valence-electron chi connectivity index (χ1n) is 11.0. The van der Waals surface area contributed by atoms with Crippen molar-refractivity contribution in [3.63, 3.8) is 0 Å². The molecular formula is C27H28N2O3. The number of hydrogen-bond donors (Lipinski definition) is 2. The van der Waals surface area contributed by atoms with Crippen molar-refractivity contribution >= 4 is 17.5 Å². The van der Waals surface area contributed by atoms with Crippen LogP contribution in [0.4, 0.5) is 5.69 Å². The number of amides is 2. The Labute approximate surface area is 188 Å². The Balaban J connectivity index is 1.28. The average molecular weight is 429 g/mol. The molecule has 0 saturated heterocycles. The lowest BCUT2D eigenvalue weighted by molar-refractivity contribution is -0.117. The Bertz CT molecular complexity index is 1060. The molecule has 0 heterocycles. The van der Waals surface area contributed by atoms with Gasteiger partial charge in [-0.3, -0.25) is 9.59 Å². The molecule has 0 bridgehead atoms. The first-order valence-corrected chi connectivity index (χ1v) is 11.0. The SMILES string of the molecule is CC1CC1C(=O)Nc1ccc(C(=O)NCc2ccccc2COCc2ccccc2)cc1. The summed E-state index contributed by atoms with van der Waals surface area (Å²) in [5.74, 6) is 0.487. The molecule has 1 aliphatic rings. The maximum atomic E-state index is 12.6. The third-order valence-corrected chi connectivity index (χ3v) is 5.79. The van der Waals surface area contributed by atoms with Crippen LogP contribution in [0.2, 0.25) is 0 Å². The molecule has 1 fully saturated rings. The molecule has 2 amide bonds. The molecule has 0 spiro atoms. The highest BCUT2D eigenvalue weighted by Gasteiger charge is 2.39. The molecule has 0 radical (unpaired) electrons. The van der Waals surface area contributed by atoms with Crippen molar-refractivity contribution in [2.45, 2.75) is 33.1 Å². The summed E-state index contributed by atoms with van der Waals surface area (Å²) < 4.78 is 5.86. The molecule has 1 saturated carbocycles. The molecule has 164 valence electrons. The number of nitrogens with one attached hydrogen (secondary N) is 2. The van der Waals surface area contributed by atoms with Gasteiger partial charge in [0, 0.05) is 23.7 Å². The standard InChI is InChI=1S/C27H28N2O3/c1-19-15-25(19)27(31)29-24-13-11-21(12-14-24)26(30)28-16-22-9-5-6-10-23(22)18-32-17-20-7-3-2-4-8-20/h2-14,19,25H,15-18H2,1H3,(H,28,30)(H,29,31). The second kappa shape index (κ2) is 10.2. The van der Waals surface area contributed by atoms with E-state index in [1.165, 1.54) is 0 Å². The summed E-state index contributed by atoms with van der Waals surface area (Å²) in [6.45, 7) is 3.52. The summed E-state index contributed by atoms with van der Waals surface area (Å²) in [5, 5.41) is 5.89. The minimum atomic E-state index is -0.154. The molecule has 1 aliphatic carbocycles. The van der Waals surface area contributed by atoms with Crippen LogP contribution in [0.25, 0.3) is 0 Å². The molecule has 2 N–H and O–H groups in total. The van der Waals surface area contributed by atoms with Gasteiger partial charge in [0.1, 0.15) is 0 Å². The van der Waals surface area contributed by atoms with Gasteiger partial charge in [-0.05, 0) is 53.3 Å². The summed E-state index contributed by atoms with van der Waals surface area (Å²) in [6.07, 6.45) is 0.949. The number of carbonyl (C=O) groups is 2. The zero-order valence-electron chi connectivity index (χ0n) is 18.2. The molecule has 0 aromatic heterocycles. The van der Waals surface area contributed by atoms with Crippen LogP contribution in [0.3, 0.4) is 0 Å². The zero-order valence-corrected chi connectivity index (χ0v) is 18.2. The van der Waals surface area contributed by atoms with Crippen molar-refractivity contribution in [1.29, 1.82) is 0 Å². The van der Waals surface area contributed by atoms with E-state index in [2.05, 4.69) is 17.6 Å². The average Bonchev–Trinajstić information content (AvgIpc) is 3.56. The molecule has 32 heavy (non-hydrogen) atoms. The van der Waals surface area contributed by atoms with E-state index in [1.807, 2.05) is 54.6 Å². The van der Waals surface area contributed by atoms with Crippen molar-refractivity contribution in [3.05, 3.63) is 101 Å². The highest BCUT2D eigenvalue weighted by Crippen LogP contribution is 2.38. The number of anilines is 1. The van der Waals surface area contributed by atoms with Gasteiger partial charge >= 0.3 is 0 Å². The van der Waals surface area contributed by atoms with Crippen molar-refractivity contribution in [3.8, 4) is 0 Å². The van der Waals surface area contributed by atoms with Gasteiger partial charge in [-0.1, -0.05) is 61.5 Å². The fraction of sp³-hybridized carbons (Fsp3) is 0.259. The van der Waals surface area contributed by atoms with E-state index in [0.29, 0.717) is 36.9 Å². The van der Waals surface area contributed by atoms with Crippen LogP contribution in [0.15, 0.2) is 78.9 Å². The van der Waals surface area contributed by atoms with E-state index in [9.17, 15) is 9.59 Å². The summed E-state index contributed by atoms with van der Waals surface area (Å²) in [6, 6.07) is 25.0. The van der Waals surface area contributed by atoms with Gasteiger partial charge in [-0.25, -0.2) is 0 Å². The van der Waals surface area contributed by atoms with E-state index in [1.54, 1.807) is 24.3 Å². The van der Waals surface area contributed by atoms with Gasteiger partial charge in [-0.15, -0.1) is 0 Å². The molecule has 0 aliphatic heterocycles. The second-order valence-electron chi connectivity index (χ2n) is 8.32. The van der Waals surface area contributed by atoms with Gasteiger partial charge < -0.3 is 15.4 Å². The van der Waals surface area contributed by atoms with E-state index in [0.717, 1.165) is 23.1 Å². The van der Waals surface area contributed by atoms with Gasteiger partial charge in [0.15, 0.2) is 0 Å². The van der Waals surface area contributed by atoms with Crippen LogP contribution < -0.4 is 10.6 Å². The maximum Gasteiger partial charge on any atom is 0.251 e. The Morgan fingerprint density at radius 1 is 0.875 bits per heavy atom. The molecule has 4 rings (SSSR count). The molecule has 3 aromatic carbocycles. The van der Waals surface area contributed by atoms with Gasteiger partial charge in [0.05, 0.1) is 13.2 Å². The highest BCUT2D eigenvalue weighted by molar-refractivity contribution is 5.97. The molecule has 2 unspecified atom stereocenters. The first kappa shape index (κ1) is 21.8. The summed E-state index contributed by atoms with van der Waals surface area (Å²) in [7, 11) is 0. The number of carbonyl (C=O) groups excluding carboxylic acids is 2. The number of ether oxygens (including phenoxy) is 1. The number of hydrogen-bond acceptors (Lipinski definition) is 3. The minimum absolute atomic E-state index is 0.0563.